The van der Waals surface area contributed by atoms with E-state index in [9.17, 15) is 0 Å². The highest BCUT2D eigenvalue weighted by Crippen LogP contribution is 2.48. The Morgan fingerprint density at radius 1 is 1.33 bits per heavy atom. The fourth-order valence-corrected chi connectivity index (χ4v) is 1.96. The summed E-state index contributed by atoms with van der Waals surface area (Å²) in [5.41, 5.74) is 1.17. The van der Waals surface area contributed by atoms with Gasteiger partial charge < -0.3 is 4.74 Å². The van der Waals surface area contributed by atoms with Crippen molar-refractivity contribution >= 4 is 6.21 Å². The third-order valence-electron chi connectivity index (χ3n) is 3.04. The molecule has 15 heavy (non-hydrogen) atoms. The van der Waals surface area contributed by atoms with Crippen LogP contribution in [0.1, 0.15) is 12.0 Å². The molecule has 0 amide bonds. The Hall–Kier alpha value is -1.57. The molecule has 1 aromatic carbocycles. The Labute approximate surface area is 89.3 Å². The Bertz CT molecular complexity index is 432. The first-order valence-corrected chi connectivity index (χ1v) is 5.25. The standard InChI is InChI=1S/C13H13NO/c1-10-2-4-12(5-3-10)15-13-6-7-14-9-11(13)8-13/h2-7,9,11H,8H2,1H3. The Balaban J connectivity index is 1.79. The van der Waals surface area contributed by atoms with Crippen LogP contribution in [0.15, 0.2) is 41.5 Å². The molecule has 0 bridgehead atoms. The topological polar surface area (TPSA) is 21.6 Å². The van der Waals surface area contributed by atoms with E-state index >= 15 is 0 Å². The second-order valence-electron chi connectivity index (χ2n) is 4.29. The molecular formula is C13H13NO. The first kappa shape index (κ1) is 8.72. The summed E-state index contributed by atoms with van der Waals surface area (Å²) in [5, 5.41) is 0. The largest absolute Gasteiger partial charge is 0.482 e. The summed E-state index contributed by atoms with van der Waals surface area (Å²) in [6, 6.07) is 8.20. The number of rotatable bonds is 2. The molecule has 1 fully saturated rings. The van der Waals surface area contributed by atoms with Crippen LogP contribution < -0.4 is 4.74 Å². The van der Waals surface area contributed by atoms with Crippen molar-refractivity contribution in [2.75, 3.05) is 0 Å². The monoisotopic (exact) mass is 199 g/mol. The SMILES string of the molecule is Cc1ccc(OC23C=CN=CC2C3)cc1. The van der Waals surface area contributed by atoms with Crippen LogP contribution in [0, 0.1) is 12.8 Å². The van der Waals surface area contributed by atoms with Gasteiger partial charge in [0.1, 0.15) is 11.4 Å². The maximum atomic E-state index is 5.99. The summed E-state index contributed by atoms with van der Waals surface area (Å²) in [6.07, 6.45) is 6.93. The van der Waals surface area contributed by atoms with Gasteiger partial charge in [0.15, 0.2) is 0 Å². The molecule has 2 nitrogen and oxygen atoms in total. The number of nitrogens with zero attached hydrogens (tertiary/aromatic N) is 1. The van der Waals surface area contributed by atoms with E-state index in [4.69, 9.17) is 4.74 Å². The minimum atomic E-state index is -0.0863. The first-order valence-electron chi connectivity index (χ1n) is 5.25. The van der Waals surface area contributed by atoms with Gasteiger partial charge in [-0.25, -0.2) is 0 Å². The Morgan fingerprint density at radius 2 is 2.13 bits per heavy atom. The van der Waals surface area contributed by atoms with E-state index in [0.717, 1.165) is 12.2 Å². The lowest BCUT2D eigenvalue weighted by Gasteiger charge is -2.16. The fraction of sp³-hybridized carbons (Fsp3) is 0.308. The van der Waals surface area contributed by atoms with Crippen LogP contribution in [0.25, 0.3) is 0 Å². The first-order chi connectivity index (χ1) is 7.28. The molecule has 1 aromatic rings. The zero-order valence-corrected chi connectivity index (χ0v) is 8.68. The third-order valence-corrected chi connectivity index (χ3v) is 3.04. The zero-order chi connectivity index (χ0) is 10.3. The maximum absolute atomic E-state index is 5.99. The van der Waals surface area contributed by atoms with Gasteiger partial charge in [-0.15, -0.1) is 0 Å². The minimum absolute atomic E-state index is 0.0863. The molecule has 2 atom stereocenters. The van der Waals surface area contributed by atoms with E-state index in [1.165, 1.54) is 5.56 Å². The van der Waals surface area contributed by atoms with E-state index in [0.29, 0.717) is 5.92 Å². The molecular weight excluding hydrogens is 186 g/mol. The number of aliphatic imine (C=N–C) groups is 1. The molecule has 1 aliphatic heterocycles. The van der Waals surface area contributed by atoms with E-state index in [1.54, 1.807) is 0 Å². The summed E-state index contributed by atoms with van der Waals surface area (Å²) < 4.78 is 5.99. The molecule has 1 saturated carbocycles. The Kier molecular flexibility index (Phi) is 1.72. The summed E-state index contributed by atoms with van der Waals surface area (Å²) in [6.45, 7) is 2.08. The quantitative estimate of drug-likeness (QED) is 0.717. The van der Waals surface area contributed by atoms with Crippen molar-refractivity contribution in [2.24, 2.45) is 10.9 Å². The molecule has 76 valence electrons. The van der Waals surface area contributed by atoms with Gasteiger partial charge in [0.2, 0.25) is 0 Å². The predicted molar refractivity (Wildman–Crippen MR) is 60.3 cm³/mol. The van der Waals surface area contributed by atoms with Gasteiger partial charge in [-0.2, -0.15) is 0 Å². The van der Waals surface area contributed by atoms with E-state index in [2.05, 4.69) is 30.1 Å². The van der Waals surface area contributed by atoms with Gasteiger partial charge in [-0.05, 0) is 25.1 Å². The molecule has 2 unspecified atom stereocenters. The highest BCUT2D eigenvalue weighted by Gasteiger charge is 2.55. The van der Waals surface area contributed by atoms with Crippen LogP contribution in [0.5, 0.6) is 5.75 Å². The molecule has 3 rings (SSSR count). The highest BCUT2D eigenvalue weighted by molar-refractivity contribution is 5.71. The molecule has 0 saturated heterocycles. The average Bonchev–Trinajstić information content (AvgIpc) is 2.95. The van der Waals surface area contributed by atoms with Gasteiger partial charge in [0.05, 0.1) is 0 Å². The van der Waals surface area contributed by atoms with Gasteiger partial charge >= 0.3 is 0 Å². The van der Waals surface area contributed by atoms with Crippen molar-refractivity contribution in [3.63, 3.8) is 0 Å². The second-order valence-corrected chi connectivity index (χ2v) is 4.29. The molecule has 2 aliphatic rings. The molecule has 0 N–H and O–H groups in total. The Morgan fingerprint density at radius 3 is 2.87 bits per heavy atom. The molecule has 2 heteroatoms. The molecule has 0 spiro atoms. The van der Waals surface area contributed by atoms with Crippen LogP contribution >= 0.6 is 0 Å². The molecule has 1 aliphatic carbocycles. The van der Waals surface area contributed by atoms with Crippen molar-refractivity contribution in [1.29, 1.82) is 0 Å². The smallest absolute Gasteiger partial charge is 0.138 e. The number of hydrogen-bond acceptors (Lipinski definition) is 2. The zero-order valence-electron chi connectivity index (χ0n) is 8.68. The number of benzene rings is 1. The predicted octanol–water partition coefficient (Wildman–Crippen LogP) is 2.73. The van der Waals surface area contributed by atoms with Crippen LogP contribution in [0.2, 0.25) is 0 Å². The number of aryl methyl sites for hydroxylation is 1. The maximum Gasteiger partial charge on any atom is 0.138 e. The van der Waals surface area contributed by atoms with Crippen molar-refractivity contribution < 1.29 is 4.74 Å². The van der Waals surface area contributed by atoms with Crippen LogP contribution in [0.4, 0.5) is 0 Å². The third kappa shape index (κ3) is 1.46. The van der Waals surface area contributed by atoms with Gasteiger partial charge in [0, 0.05) is 24.8 Å². The van der Waals surface area contributed by atoms with Crippen molar-refractivity contribution in [3.05, 3.63) is 42.1 Å². The van der Waals surface area contributed by atoms with Crippen molar-refractivity contribution in [1.82, 2.24) is 0 Å². The number of hydrogen-bond donors (Lipinski definition) is 0. The second kappa shape index (κ2) is 2.96. The lowest BCUT2D eigenvalue weighted by molar-refractivity contribution is 0.220. The number of fused-ring (bicyclic) bond motifs is 1. The van der Waals surface area contributed by atoms with E-state index in [-0.39, 0.29) is 5.60 Å². The normalized spacial score (nSPS) is 31.1. The summed E-state index contributed by atoms with van der Waals surface area (Å²) in [5.74, 6) is 1.42. The van der Waals surface area contributed by atoms with Gasteiger partial charge in [-0.1, -0.05) is 17.7 Å². The average molecular weight is 199 g/mol. The van der Waals surface area contributed by atoms with Gasteiger partial charge in [-0.3, -0.25) is 4.99 Å². The summed E-state index contributed by atoms with van der Waals surface area (Å²) in [7, 11) is 0. The highest BCUT2D eigenvalue weighted by atomic mass is 16.5. The van der Waals surface area contributed by atoms with Crippen LogP contribution in [0.3, 0.4) is 0 Å². The van der Waals surface area contributed by atoms with Crippen LogP contribution in [-0.4, -0.2) is 11.8 Å². The van der Waals surface area contributed by atoms with Crippen LogP contribution in [-0.2, 0) is 0 Å². The van der Waals surface area contributed by atoms with Crippen molar-refractivity contribution in [3.8, 4) is 5.75 Å². The van der Waals surface area contributed by atoms with E-state index < -0.39 is 0 Å². The lowest BCUT2D eigenvalue weighted by atomic mass is 10.2. The lowest BCUT2D eigenvalue weighted by Crippen LogP contribution is -2.20. The minimum Gasteiger partial charge on any atom is -0.482 e. The molecule has 0 aromatic heterocycles. The van der Waals surface area contributed by atoms with E-state index in [1.807, 2.05) is 24.5 Å². The fourth-order valence-electron chi connectivity index (χ4n) is 1.96. The number of ether oxygens (including phenoxy) is 1. The summed E-state index contributed by atoms with van der Waals surface area (Å²) in [4.78, 5) is 4.11. The molecule has 0 radical (unpaired) electrons. The summed E-state index contributed by atoms with van der Waals surface area (Å²) >= 11 is 0. The van der Waals surface area contributed by atoms with Gasteiger partial charge in [0.25, 0.3) is 0 Å². The molecule has 1 heterocycles. The van der Waals surface area contributed by atoms with Crippen molar-refractivity contribution in [2.45, 2.75) is 18.9 Å².